The minimum Gasteiger partial charge on any atom is -0.452 e. The Kier molecular flexibility index (Phi) is 6.26. The van der Waals surface area contributed by atoms with Crippen LogP contribution < -0.4 is 5.32 Å². The molecule has 0 bridgehead atoms. The van der Waals surface area contributed by atoms with Gasteiger partial charge in [0.2, 0.25) is 0 Å². The third kappa shape index (κ3) is 4.15. The number of hydrogen-bond donors (Lipinski definition) is 1. The van der Waals surface area contributed by atoms with Gasteiger partial charge in [0, 0.05) is 0 Å². The Balaban J connectivity index is 1.75. The molecule has 1 atom stereocenters. The van der Waals surface area contributed by atoms with Crippen molar-refractivity contribution in [1.82, 2.24) is 0 Å². The Morgan fingerprint density at radius 3 is 2.50 bits per heavy atom. The first-order valence-electron chi connectivity index (χ1n) is 9.05. The van der Waals surface area contributed by atoms with Crippen LogP contribution in [0.4, 0.5) is 10.1 Å². The van der Waals surface area contributed by atoms with Crippen LogP contribution in [-0.2, 0) is 19.7 Å². The van der Waals surface area contributed by atoms with Gasteiger partial charge in [-0.3, -0.25) is 9.59 Å². The number of halogens is 3. The van der Waals surface area contributed by atoms with Crippen LogP contribution in [-0.4, -0.2) is 18.0 Å². The van der Waals surface area contributed by atoms with Crippen molar-refractivity contribution in [3.63, 3.8) is 0 Å². The summed E-state index contributed by atoms with van der Waals surface area (Å²) in [4.78, 5) is 25.5. The molecule has 1 N–H and O–H groups in total. The molecule has 0 heterocycles. The highest BCUT2D eigenvalue weighted by atomic mass is 35.5. The lowest BCUT2D eigenvalue weighted by atomic mass is 9.79. The minimum atomic E-state index is -1.05. The zero-order valence-corrected chi connectivity index (χ0v) is 16.8. The Hall–Kier alpha value is -2.11. The summed E-state index contributed by atoms with van der Waals surface area (Å²) in [6.07, 6.45) is 1.75. The summed E-state index contributed by atoms with van der Waals surface area (Å²) in [7, 11) is 0. The Labute approximate surface area is 173 Å². The number of carbonyl (C=O) groups is 2. The van der Waals surface area contributed by atoms with Crippen molar-refractivity contribution in [2.24, 2.45) is 0 Å². The van der Waals surface area contributed by atoms with E-state index in [0.29, 0.717) is 29.1 Å². The van der Waals surface area contributed by atoms with Gasteiger partial charge in [0.1, 0.15) is 5.82 Å². The number of amides is 1. The lowest BCUT2D eigenvalue weighted by Crippen LogP contribution is -2.40. The molecule has 1 unspecified atom stereocenters. The maximum atomic E-state index is 13.7. The third-order valence-electron chi connectivity index (χ3n) is 5.09. The van der Waals surface area contributed by atoms with Gasteiger partial charge in [0.05, 0.1) is 21.1 Å². The maximum Gasteiger partial charge on any atom is 0.317 e. The molecule has 0 spiro atoms. The van der Waals surface area contributed by atoms with E-state index >= 15 is 0 Å². The Bertz CT molecular complexity index is 897. The monoisotopic (exact) mass is 423 g/mol. The highest BCUT2D eigenvalue weighted by Gasteiger charge is 2.45. The van der Waals surface area contributed by atoms with E-state index in [2.05, 4.69) is 5.32 Å². The van der Waals surface area contributed by atoms with Gasteiger partial charge in [-0.1, -0.05) is 54.2 Å². The van der Waals surface area contributed by atoms with Crippen molar-refractivity contribution in [2.75, 3.05) is 5.32 Å². The fourth-order valence-corrected chi connectivity index (χ4v) is 3.88. The molecule has 1 saturated carbocycles. The van der Waals surface area contributed by atoms with Crippen LogP contribution in [0.5, 0.6) is 0 Å². The molecule has 0 aromatic heterocycles. The van der Waals surface area contributed by atoms with E-state index in [1.165, 1.54) is 19.1 Å². The van der Waals surface area contributed by atoms with Crippen LogP contribution in [0.1, 0.15) is 38.2 Å². The molecule has 2 aromatic carbocycles. The number of rotatable bonds is 5. The van der Waals surface area contributed by atoms with Crippen LogP contribution in [0.15, 0.2) is 42.5 Å². The number of benzene rings is 2. The third-order valence-corrected chi connectivity index (χ3v) is 5.91. The predicted molar refractivity (Wildman–Crippen MR) is 107 cm³/mol. The van der Waals surface area contributed by atoms with E-state index in [1.807, 2.05) is 0 Å². The first kappa shape index (κ1) is 20.6. The fraction of sp³-hybridized carbons (Fsp3) is 0.333. The standard InChI is InChI=1S/C21H20Cl2FNO3/c1-13(19(26)25-17-9-5-8-16(22)18(17)23)28-20(27)21(10-2-3-11-21)14-6-4-7-15(24)12-14/h4-9,12-13H,2-3,10-11H2,1H3,(H,25,26). The van der Waals surface area contributed by atoms with Gasteiger partial charge in [0.15, 0.2) is 6.10 Å². The lowest BCUT2D eigenvalue weighted by Gasteiger charge is -2.28. The average molecular weight is 424 g/mol. The summed E-state index contributed by atoms with van der Waals surface area (Å²) < 4.78 is 19.2. The lowest BCUT2D eigenvalue weighted by molar-refractivity contribution is -0.159. The van der Waals surface area contributed by atoms with Crippen molar-refractivity contribution in [2.45, 2.75) is 44.1 Å². The Morgan fingerprint density at radius 1 is 1.14 bits per heavy atom. The summed E-state index contributed by atoms with van der Waals surface area (Å²) in [5.74, 6) is -1.45. The molecule has 0 aliphatic heterocycles. The van der Waals surface area contributed by atoms with Crippen LogP contribution in [0.3, 0.4) is 0 Å². The molecular formula is C21H20Cl2FNO3. The molecular weight excluding hydrogens is 404 g/mol. The molecule has 1 amide bonds. The quantitative estimate of drug-likeness (QED) is 0.644. The second-order valence-corrected chi connectivity index (χ2v) is 7.72. The van der Waals surface area contributed by atoms with Gasteiger partial charge in [0.25, 0.3) is 5.91 Å². The van der Waals surface area contributed by atoms with Crippen LogP contribution in [0.25, 0.3) is 0 Å². The molecule has 0 radical (unpaired) electrons. The molecule has 28 heavy (non-hydrogen) atoms. The summed E-state index contributed by atoms with van der Waals surface area (Å²) in [5, 5.41) is 3.13. The molecule has 1 fully saturated rings. The van der Waals surface area contributed by atoms with E-state index in [0.717, 1.165) is 12.8 Å². The highest BCUT2D eigenvalue weighted by Crippen LogP contribution is 2.42. The average Bonchev–Trinajstić information content (AvgIpc) is 3.16. The van der Waals surface area contributed by atoms with Crippen molar-refractivity contribution in [1.29, 1.82) is 0 Å². The van der Waals surface area contributed by atoms with Crippen molar-refractivity contribution in [3.8, 4) is 0 Å². The summed E-state index contributed by atoms with van der Waals surface area (Å²) in [6.45, 7) is 1.49. The minimum absolute atomic E-state index is 0.211. The van der Waals surface area contributed by atoms with Crippen LogP contribution in [0.2, 0.25) is 10.0 Å². The largest absolute Gasteiger partial charge is 0.452 e. The number of hydrogen-bond acceptors (Lipinski definition) is 3. The second kappa shape index (κ2) is 8.50. The normalized spacial score (nSPS) is 16.4. The number of esters is 1. The molecule has 0 saturated heterocycles. The van der Waals surface area contributed by atoms with Gasteiger partial charge in [-0.05, 0) is 49.6 Å². The maximum absolute atomic E-state index is 13.7. The van der Waals surface area contributed by atoms with Gasteiger partial charge >= 0.3 is 5.97 Å². The van der Waals surface area contributed by atoms with Crippen LogP contribution in [0, 0.1) is 5.82 Å². The molecule has 148 valence electrons. The topological polar surface area (TPSA) is 55.4 Å². The zero-order valence-electron chi connectivity index (χ0n) is 15.3. The zero-order chi connectivity index (χ0) is 20.3. The van der Waals surface area contributed by atoms with Gasteiger partial charge in [-0.25, -0.2) is 4.39 Å². The molecule has 7 heteroatoms. The first-order valence-corrected chi connectivity index (χ1v) is 9.81. The highest BCUT2D eigenvalue weighted by molar-refractivity contribution is 6.44. The van der Waals surface area contributed by atoms with Gasteiger partial charge < -0.3 is 10.1 Å². The van der Waals surface area contributed by atoms with E-state index in [9.17, 15) is 14.0 Å². The fourth-order valence-electron chi connectivity index (χ4n) is 3.54. The van der Waals surface area contributed by atoms with E-state index < -0.39 is 29.2 Å². The molecule has 1 aliphatic carbocycles. The SMILES string of the molecule is CC(OC(=O)C1(c2cccc(F)c2)CCCC1)C(=O)Nc1cccc(Cl)c1Cl. The van der Waals surface area contributed by atoms with Crippen LogP contribution >= 0.6 is 23.2 Å². The van der Waals surface area contributed by atoms with E-state index in [-0.39, 0.29) is 5.02 Å². The van der Waals surface area contributed by atoms with Gasteiger partial charge in [-0.2, -0.15) is 0 Å². The summed E-state index contributed by atoms with van der Waals surface area (Å²) in [5.41, 5.74) is -0.00656. The first-order chi connectivity index (χ1) is 13.3. The smallest absolute Gasteiger partial charge is 0.317 e. The second-order valence-electron chi connectivity index (χ2n) is 6.94. The van der Waals surface area contributed by atoms with Crippen molar-refractivity contribution in [3.05, 3.63) is 63.9 Å². The number of carbonyl (C=O) groups excluding carboxylic acids is 2. The predicted octanol–water partition coefficient (Wildman–Crippen LogP) is 5.51. The van der Waals surface area contributed by atoms with Crippen molar-refractivity contribution >= 4 is 40.8 Å². The Morgan fingerprint density at radius 2 is 1.82 bits per heavy atom. The number of anilines is 1. The van der Waals surface area contributed by atoms with E-state index in [4.69, 9.17) is 27.9 Å². The van der Waals surface area contributed by atoms with Gasteiger partial charge in [-0.15, -0.1) is 0 Å². The number of ether oxygens (including phenoxy) is 1. The molecule has 4 nitrogen and oxygen atoms in total. The number of nitrogens with one attached hydrogen (secondary N) is 1. The molecule has 2 aromatic rings. The van der Waals surface area contributed by atoms with Crippen molar-refractivity contribution < 1.29 is 18.7 Å². The summed E-state index contributed by atoms with van der Waals surface area (Å²) >= 11 is 12.0. The molecule has 3 rings (SSSR count). The summed E-state index contributed by atoms with van der Waals surface area (Å²) in [6, 6.07) is 10.9. The molecule has 1 aliphatic rings. The van der Waals surface area contributed by atoms with E-state index in [1.54, 1.807) is 30.3 Å².